The number of hydrogen-bond donors (Lipinski definition) is 2. The summed E-state index contributed by atoms with van der Waals surface area (Å²) in [4.78, 5) is 24.2. The van der Waals surface area contributed by atoms with Crippen molar-refractivity contribution in [3.63, 3.8) is 0 Å². The number of carbonyl (C=O) groups excluding carboxylic acids is 2. The number of phenols is 1. The molecule has 8 heteroatoms. The number of benzene rings is 2. The van der Waals surface area contributed by atoms with Crippen LogP contribution in [0.4, 0.5) is 5.69 Å². The molecule has 0 saturated carbocycles. The van der Waals surface area contributed by atoms with Crippen LogP contribution in [0.25, 0.3) is 6.08 Å². The molecule has 0 fully saturated rings. The zero-order valence-corrected chi connectivity index (χ0v) is 16.3. The third kappa shape index (κ3) is 5.65. The molecule has 0 heterocycles. The number of methoxy groups -OCH3 is 2. The van der Waals surface area contributed by atoms with Gasteiger partial charge < -0.3 is 24.6 Å². The summed E-state index contributed by atoms with van der Waals surface area (Å²) in [7, 11) is 2.89. The third-order valence-corrected chi connectivity index (χ3v) is 3.93. The number of carbonyl (C=O) groups is 2. The smallest absolute Gasteiger partial charge is 0.331 e. The number of hydrogen-bond acceptors (Lipinski definition) is 6. The van der Waals surface area contributed by atoms with Gasteiger partial charge in [0.2, 0.25) is 0 Å². The second-order valence-electron chi connectivity index (χ2n) is 5.68. The number of rotatable bonds is 7. The molecule has 28 heavy (non-hydrogen) atoms. The summed E-state index contributed by atoms with van der Waals surface area (Å²) in [6.45, 7) is 1.45. The molecule has 0 aliphatic heterocycles. The van der Waals surface area contributed by atoms with Crippen LogP contribution in [0, 0.1) is 0 Å². The minimum atomic E-state index is -1.05. The van der Waals surface area contributed by atoms with Crippen LogP contribution in [0.1, 0.15) is 12.5 Å². The average molecular weight is 406 g/mol. The molecule has 0 spiro atoms. The first-order valence-corrected chi connectivity index (χ1v) is 8.62. The van der Waals surface area contributed by atoms with E-state index in [0.717, 1.165) is 0 Å². The van der Waals surface area contributed by atoms with Gasteiger partial charge in [0.05, 0.1) is 19.9 Å². The second-order valence-corrected chi connectivity index (χ2v) is 6.11. The first kappa shape index (κ1) is 21.1. The molecule has 0 saturated heterocycles. The van der Waals surface area contributed by atoms with E-state index in [1.807, 2.05) is 0 Å². The Morgan fingerprint density at radius 1 is 1.11 bits per heavy atom. The summed E-state index contributed by atoms with van der Waals surface area (Å²) in [5, 5.41) is 12.6. The van der Waals surface area contributed by atoms with Crippen molar-refractivity contribution in [1.82, 2.24) is 0 Å². The van der Waals surface area contributed by atoms with E-state index in [9.17, 15) is 14.7 Å². The second kappa shape index (κ2) is 9.66. The Morgan fingerprint density at radius 2 is 1.82 bits per heavy atom. The molecule has 0 aliphatic carbocycles. The predicted octanol–water partition coefficient (Wildman–Crippen LogP) is 3.65. The van der Waals surface area contributed by atoms with Crippen molar-refractivity contribution in [3.8, 4) is 17.2 Å². The molecule has 7 nitrogen and oxygen atoms in total. The van der Waals surface area contributed by atoms with E-state index >= 15 is 0 Å². The highest BCUT2D eigenvalue weighted by molar-refractivity contribution is 6.31. The number of amides is 1. The fourth-order valence-electron chi connectivity index (χ4n) is 2.24. The molecule has 0 unspecified atom stereocenters. The molecule has 2 aromatic rings. The Kier molecular flexibility index (Phi) is 7.28. The van der Waals surface area contributed by atoms with Crippen molar-refractivity contribution < 1.29 is 28.9 Å². The lowest BCUT2D eigenvalue weighted by molar-refractivity contribution is -0.148. The van der Waals surface area contributed by atoms with Crippen molar-refractivity contribution >= 4 is 35.2 Å². The number of nitrogens with one attached hydrogen (secondary N) is 1. The summed E-state index contributed by atoms with van der Waals surface area (Å²) in [5.41, 5.74) is 0.988. The van der Waals surface area contributed by atoms with Gasteiger partial charge in [-0.1, -0.05) is 17.7 Å². The van der Waals surface area contributed by atoms with Crippen LogP contribution in [-0.4, -0.2) is 37.3 Å². The van der Waals surface area contributed by atoms with Crippen LogP contribution in [0.5, 0.6) is 17.2 Å². The third-order valence-electron chi connectivity index (χ3n) is 3.70. The summed E-state index contributed by atoms with van der Waals surface area (Å²) in [5.74, 6) is -0.540. The Balaban J connectivity index is 1.98. The summed E-state index contributed by atoms with van der Waals surface area (Å²) in [6.07, 6.45) is 1.61. The summed E-state index contributed by atoms with van der Waals surface area (Å²) in [6, 6.07) is 9.37. The van der Waals surface area contributed by atoms with Gasteiger partial charge in [-0.15, -0.1) is 0 Å². The maximum Gasteiger partial charge on any atom is 0.331 e. The van der Waals surface area contributed by atoms with Crippen LogP contribution in [0.2, 0.25) is 5.02 Å². The molecule has 2 aromatic carbocycles. The van der Waals surface area contributed by atoms with Gasteiger partial charge in [0, 0.05) is 11.1 Å². The Labute approximate surface area is 167 Å². The molecule has 0 aromatic heterocycles. The Hall–Kier alpha value is -3.19. The van der Waals surface area contributed by atoms with E-state index in [4.69, 9.17) is 25.8 Å². The van der Waals surface area contributed by atoms with Gasteiger partial charge in [-0.2, -0.15) is 0 Å². The van der Waals surface area contributed by atoms with Crippen LogP contribution >= 0.6 is 11.6 Å². The quantitative estimate of drug-likeness (QED) is 0.539. The van der Waals surface area contributed by atoms with E-state index in [1.165, 1.54) is 45.4 Å². The summed E-state index contributed by atoms with van der Waals surface area (Å²) < 4.78 is 15.3. The van der Waals surface area contributed by atoms with Crippen LogP contribution in [-0.2, 0) is 14.3 Å². The normalized spacial score (nSPS) is 11.7. The van der Waals surface area contributed by atoms with E-state index in [1.54, 1.807) is 24.3 Å². The Bertz CT molecular complexity index is 896. The van der Waals surface area contributed by atoms with Crippen LogP contribution in [0.3, 0.4) is 0 Å². The van der Waals surface area contributed by atoms with Crippen LogP contribution in [0.15, 0.2) is 42.5 Å². The molecule has 0 bridgehead atoms. The highest BCUT2D eigenvalue weighted by atomic mass is 35.5. The first-order chi connectivity index (χ1) is 13.3. The van der Waals surface area contributed by atoms with E-state index in [-0.39, 0.29) is 11.5 Å². The summed E-state index contributed by atoms with van der Waals surface area (Å²) >= 11 is 5.93. The van der Waals surface area contributed by atoms with Crippen molar-refractivity contribution in [2.75, 3.05) is 19.5 Å². The van der Waals surface area contributed by atoms with Gasteiger partial charge >= 0.3 is 5.97 Å². The number of aromatic hydroxyl groups is 1. The fourth-order valence-corrected chi connectivity index (χ4v) is 2.41. The monoisotopic (exact) mass is 405 g/mol. The van der Waals surface area contributed by atoms with Crippen molar-refractivity contribution in [2.24, 2.45) is 0 Å². The largest absolute Gasteiger partial charge is 0.504 e. The molecule has 1 atom stereocenters. The topological polar surface area (TPSA) is 94.1 Å². The maximum absolute atomic E-state index is 12.3. The molecule has 1 amide bonds. The molecular weight excluding hydrogens is 386 g/mol. The van der Waals surface area contributed by atoms with Gasteiger partial charge in [-0.05, 0) is 48.9 Å². The zero-order valence-electron chi connectivity index (χ0n) is 15.6. The highest BCUT2D eigenvalue weighted by Crippen LogP contribution is 2.28. The van der Waals surface area contributed by atoms with Crippen molar-refractivity contribution in [2.45, 2.75) is 13.0 Å². The van der Waals surface area contributed by atoms with E-state index < -0.39 is 18.0 Å². The van der Waals surface area contributed by atoms with E-state index in [2.05, 4.69) is 5.32 Å². The first-order valence-electron chi connectivity index (χ1n) is 8.24. The molecule has 0 radical (unpaired) electrons. The van der Waals surface area contributed by atoms with Crippen molar-refractivity contribution in [3.05, 3.63) is 53.1 Å². The number of halogens is 1. The van der Waals surface area contributed by atoms with Crippen molar-refractivity contribution in [1.29, 1.82) is 0 Å². The average Bonchev–Trinajstić information content (AvgIpc) is 2.67. The number of anilines is 1. The lowest BCUT2D eigenvalue weighted by Gasteiger charge is -2.14. The zero-order chi connectivity index (χ0) is 20.7. The SMILES string of the molecule is COc1cc(/C=C/C(=O)O[C@@H](C)C(=O)Nc2cc(Cl)ccc2OC)ccc1O. The minimum Gasteiger partial charge on any atom is -0.504 e. The van der Waals surface area contributed by atoms with Gasteiger partial charge in [-0.25, -0.2) is 4.79 Å². The van der Waals surface area contributed by atoms with Gasteiger partial charge in [0.25, 0.3) is 5.91 Å². The fraction of sp³-hybridized carbons (Fsp3) is 0.200. The molecule has 0 aliphatic rings. The lowest BCUT2D eigenvalue weighted by atomic mass is 10.2. The number of phenolic OH excluding ortho intramolecular Hbond substituents is 1. The lowest BCUT2D eigenvalue weighted by Crippen LogP contribution is -2.29. The van der Waals surface area contributed by atoms with E-state index in [0.29, 0.717) is 22.0 Å². The minimum absolute atomic E-state index is 0.0102. The Morgan fingerprint density at radius 3 is 2.50 bits per heavy atom. The number of ether oxygens (including phenoxy) is 3. The molecular formula is C20H20ClNO6. The molecule has 2 N–H and O–H groups in total. The van der Waals surface area contributed by atoms with Gasteiger partial charge in [0.15, 0.2) is 17.6 Å². The van der Waals surface area contributed by atoms with Crippen LogP contribution < -0.4 is 14.8 Å². The molecule has 148 valence electrons. The highest BCUT2D eigenvalue weighted by Gasteiger charge is 2.18. The standard InChI is InChI=1S/C20H20ClNO6/c1-12(20(25)22-15-11-14(21)6-8-17(15)26-2)28-19(24)9-5-13-4-7-16(23)18(10-13)27-3/h4-12,23H,1-3H3,(H,22,25)/b9-5+/t12-/m0/s1. The maximum atomic E-state index is 12.3. The predicted molar refractivity (Wildman–Crippen MR) is 106 cm³/mol. The molecule has 2 rings (SSSR count). The van der Waals surface area contributed by atoms with Gasteiger partial charge in [-0.3, -0.25) is 4.79 Å². The number of esters is 1. The van der Waals surface area contributed by atoms with Gasteiger partial charge in [0.1, 0.15) is 5.75 Å².